The first-order chi connectivity index (χ1) is 12.8. The molecule has 1 aromatic heterocycles. The van der Waals surface area contributed by atoms with Gasteiger partial charge in [-0.05, 0) is 25.3 Å². The number of hydrogen-bond donors (Lipinski definition) is 0. The highest BCUT2D eigenvalue weighted by atomic mass is 16.5. The average Bonchev–Trinajstić information content (AvgIpc) is 3.13. The average molecular weight is 355 g/mol. The lowest BCUT2D eigenvalue weighted by Crippen LogP contribution is -2.22. The van der Waals surface area contributed by atoms with Crippen LogP contribution in [0.2, 0.25) is 0 Å². The van der Waals surface area contributed by atoms with Gasteiger partial charge in [0.1, 0.15) is 12.1 Å². The van der Waals surface area contributed by atoms with Crippen molar-refractivity contribution in [1.29, 1.82) is 0 Å². The zero-order chi connectivity index (χ0) is 17.8. The minimum absolute atomic E-state index is 0.537. The van der Waals surface area contributed by atoms with Crippen LogP contribution in [0.1, 0.15) is 19.3 Å². The van der Waals surface area contributed by atoms with Gasteiger partial charge in [0.15, 0.2) is 11.5 Å². The fourth-order valence-corrected chi connectivity index (χ4v) is 3.61. The van der Waals surface area contributed by atoms with E-state index in [1.165, 1.54) is 0 Å². The summed E-state index contributed by atoms with van der Waals surface area (Å²) in [5, 5.41) is 1.01. The van der Waals surface area contributed by atoms with Gasteiger partial charge >= 0.3 is 0 Å². The first-order valence-corrected chi connectivity index (χ1v) is 9.28. The number of rotatable bonds is 1. The number of anilines is 1. The topological polar surface area (TPSA) is 56.7 Å². The Morgan fingerprint density at radius 3 is 3.12 bits per heavy atom. The zero-order valence-corrected chi connectivity index (χ0v) is 15.2. The quantitative estimate of drug-likeness (QED) is 0.732. The number of benzene rings is 1. The van der Waals surface area contributed by atoms with Crippen LogP contribution in [0.4, 0.5) is 5.82 Å². The third kappa shape index (κ3) is 3.60. The number of methoxy groups -OCH3 is 1. The van der Waals surface area contributed by atoms with E-state index in [1.807, 2.05) is 12.1 Å². The molecular weight excluding hydrogens is 330 g/mol. The summed E-state index contributed by atoms with van der Waals surface area (Å²) in [6.07, 6.45) is 8.95. The van der Waals surface area contributed by atoms with Gasteiger partial charge in [0.25, 0.3) is 0 Å². The molecule has 2 aliphatic rings. The maximum Gasteiger partial charge on any atom is 0.162 e. The molecule has 0 spiro atoms. The second-order valence-corrected chi connectivity index (χ2v) is 6.82. The van der Waals surface area contributed by atoms with Crippen molar-refractivity contribution in [2.75, 3.05) is 44.9 Å². The highest BCUT2D eigenvalue weighted by Crippen LogP contribution is 2.36. The Morgan fingerprint density at radius 2 is 2.19 bits per heavy atom. The van der Waals surface area contributed by atoms with Crippen LogP contribution < -0.4 is 14.4 Å². The molecule has 0 amide bonds. The summed E-state index contributed by atoms with van der Waals surface area (Å²) in [6, 6.07) is 3.96. The second kappa shape index (κ2) is 7.91. The monoisotopic (exact) mass is 355 g/mol. The summed E-state index contributed by atoms with van der Waals surface area (Å²) in [7, 11) is 1.66. The maximum absolute atomic E-state index is 6.00. The van der Waals surface area contributed by atoms with Crippen LogP contribution in [0.25, 0.3) is 10.9 Å². The molecule has 0 saturated carbocycles. The van der Waals surface area contributed by atoms with Crippen LogP contribution in [0, 0.1) is 5.92 Å². The molecule has 1 aromatic carbocycles. The van der Waals surface area contributed by atoms with Crippen molar-refractivity contribution in [2.24, 2.45) is 5.92 Å². The SMILES string of the molecule is COc1cc2ncnc3c2cc1OCCC/C=C/COCC1CCN3C1. The van der Waals surface area contributed by atoms with Crippen LogP contribution in [-0.2, 0) is 4.74 Å². The largest absolute Gasteiger partial charge is 0.493 e. The summed E-state index contributed by atoms with van der Waals surface area (Å²) in [5.74, 6) is 2.98. The number of aromatic nitrogens is 2. The van der Waals surface area contributed by atoms with Crippen LogP contribution in [0.15, 0.2) is 30.6 Å². The van der Waals surface area contributed by atoms with Crippen molar-refractivity contribution in [3.05, 3.63) is 30.6 Å². The first kappa shape index (κ1) is 17.1. The van der Waals surface area contributed by atoms with E-state index < -0.39 is 0 Å². The molecule has 0 aliphatic carbocycles. The summed E-state index contributed by atoms with van der Waals surface area (Å²) < 4.78 is 17.3. The van der Waals surface area contributed by atoms with Gasteiger partial charge in [-0.1, -0.05) is 12.2 Å². The van der Waals surface area contributed by atoms with E-state index in [-0.39, 0.29) is 0 Å². The van der Waals surface area contributed by atoms with Crippen LogP contribution in [-0.4, -0.2) is 50.0 Å². The Balaban J connectivity index is 1.71. The minimum atomic E-state index is 0.537. The van der Waals surface area contributed by atoms with E-state index in [2.05, 4.69) is 27.0 Å². The summed E-state index contributed by atoms with van der Waals surface area (Å²) >= 11 is 0. The van der Waals surface area contributed by atoms with E-state index in [0.717, 1.165) is 61.4 Å². The van der Waals surface area contributed by atoms with Gasteiger partial charge in [0.05, 0.1) is 32.4 Å². The van der Waals surface area contributed by atoms with Crippen LogP contribution in [0.5, 0.6) is 11.5 Å². The second-order valence-electron chi connectivity index (χ2n) is 6.82. The first-order valence-electron chi connectivity index (χ1n) is 9.28. The molecule has 0 N–H and O–H groups in total. The van der Waals surface area contributed by atoms with Crippen molar-refractivity contribution in [1.82, 2.24) is 9.97 Å². The Labute approximate surface area is 153 Å². The number of nitrogens with zero attached hydrogens (tertiary/aromatic N) is 3. The van der Waals surface area contributed by atoms with Crippen molar-refractivity contribution in [2.45, 2.75) is 19.3 Å². The van der Waals surface area contributed by atoms with Gasteiger partial charge in [0.2, 0.25) is 0 Å². The van der Waals surface area contributed by atoms with E-state index in [0.29, 0.717) is 24.9 Å². The van der Waals surface area contributed by atoms with Gasteiger partial charge in [0, 0.05) is 30.5 Å². The molecule has 1 atom stereocenters. The molecule has 1 unspecified atom stereocenters. The van der Waals surface area contributed by atoms with Crippen molar-refractivity contribution in [3.63, 3.8) is 0 Å². The third-order valence-electron chi connectivity index (χ3n) is 4.99. The molecule has 4 rings (SSSR count). The molecule has 6 heteroatoms. The maximum atomic E-state index is 6.00. The minimum Gasteiger partial charge on any atom is -0.493 e. The van der Waals surface area contributed by atoms with Crippen molar-refractivity contribution in [3.8, 4) is 11.5 Å². The Hall–Kier alpha value is -2.34. The lowest BCUT2D eigenvalue weighted by molar-refractivity contribution is 0.129. The highest BCUT2D eigenvalue weighted by molar-refractivity contribution is 5.92. The number of allylic oxidation sites excluding steroid dienone is 1. The lowest BCUT2D eigenvalue weighted by Gasteiger charge is -2.20. The Morgan fingerprint density at radius 1 is 1.23 bits per heavy atom. The van der Waals surface area contributed by atoms with E-state index in [9.17, 15) is 0 Å². The Bertz CT molecular complexity index is 793. The van der Waals surface area contributed by atoms with Crippen molar-refractivity contribution >= 4 is 16.7 Å². The predicted molar refractivity (Wildman–Crippen MR) is 101 cm³/mol. The molecule has 0 radical (unpaired) electrons. The molecule has 2 aliphatic heterocycles. The molecule has 3 heterocycles. The lowest BCUT2D eigenvalue weighted by atomic mass is 10.1. The molecule has 2 aromatic rings. The number of hydrogen-bond acceptors (Lipinski definition) is 6. The van der Waals surface area contributed by atoms with Gasteiger partial charge in [-0.25, -0.2) is 9.97 Å². The number of ether oxygens (including phenoxy) is 3. The fourth-order valence-electron chi connectivity index (χ4n) is 3.61. The molecule has 4 bridgehead atoms. The van der Waals surface area contributed by atoms with Gasteiger partial charge in [-0.2, -0.15) is 0 Å². The molecule has 1 saturated heterocycles. The van der Waals surface area contributed by atoms with Crippen molar-refractivity contribution < 1.29 is 14.2 Å². The smallest absolute Gasteiger partial charge is 0.162 e. The fraction of sp³-hybridized carbons (Fsp3) is 0.500. The third-order valence-corrected chi connectivity index (χ3v) is 4.99. The summed E-state index contributed by atoms with van der Waals surface area (Å²) in [6.45, 7) is 4.06. The summed E-state index contributed by atoms with van der Waals surface area (Å²) in [4.78, 5) is 11.3. The normalized spacial score (nSPS) is 22.3. The molecule has 138 valence electrons. The highest BCUT2D eigenvalue weighted by Gasteiger charge is 2.25. The zero-order valence-electron chi connectivity index (χ0n) is 15.2. The standard InChI is InChI=1S/C20H25N3O3/c1-24-18-11-17-16-10-19(18)26-9-5-3-2-4-8-25-13-15-6-7-23(12-15)20(16)22-14-21-17/h2,4,10-11,14-15H,3,5-9,12-13H2,1H3/b4-2+. The van der Waals surface area contributed by atoms with E-state index in [1.54, 1.807) is 13.4 Å². The van der Waals surface area contributed by atoms with Gasteiger partial charge in [-0.3, -0.25) is 0 Å². The molecule has 26 heavy (non-hydrogen) atoms. The molecule has 1 fully saturated rings. The number of fused-ring (bicyclic) bond motifs is 4. The van der Waals surface area contributed by atoms with Crippen LogP contribution >= 0.6 is 0 Å². The predicted octanol–water partition coefficient (Wildman–Crippen LogP) is 3.21. The molecular formula is C20H25N3O3. The molecule has 6 nitrogen and oxygen atoms in total. The Kier molecular flexibility index (Phi) is 5.20. The van der Waals surface area contributed by atoms with E-state index in [4.69, 9.17) is 14.2 Å². The van der Waals surface area contributed by atoms with E-state index >= 15 is 0 Å². The summed E-state index contributed by atoms with van der Waals surface area (Å²) in [5.41, 5.74) is 0.878. The van der Waals surface area contributed by atoms with Gasteiger partial charge < -0.3 is 19.1 Å². The van der Waals surface area contributed by atoms with Gasteiger partial charge in [-0.15, -0.1) is 0 Å². The van der Waals surface area contributed by atoms with Crippen LogP contribution in [0.3, 0.4) is 0 Å².